The number of imidazole rings is 1. The van der Waals surface area contributed by atoms with E-state index in [1.807, 2.05) is 60.5 Å². The summed E-state index contributed by atoms with van der Waals surface area (Å²) in [6.07, 6.45) is 2.87. The summed E-state index contributed by atoms with van der Waals surface area (Å²) >= 11 is 0. The molecule has 2 aromatic carbocycles. The van der Waals surface area contributed by atoms with E-state index in [9.17, 15) is 9.59 Å². The Bertz CT molecular complexity index is 1290. The lowest BCUT2D eigenvalue weighted by Crippen LogP contribution is -2.40. The molecule has 1 amide bonds. The maximum atomic E-state index is 13.6. The molecule has 0 radical (unpaired) electrons. The number of carbonyl (C=O) groups is 1. The first-order valence-corrected chi connectivity index (χ1v) is 9.98. The van der Waals surface area contributed by atoms with Crippen LogP contribution in [-0.4, -0.2) is 31.9 Å². The number of piperidine rings is 1. The third-order valence-corrected chi connectivity index (χ3v) is 5.86. The number of fused-ring (bicyclic) bond motifs is 2. The van der Waals surface area contributed by atoms with E-state index in [1.165, 1.54) is 6.07 Å². The van der Waals surface area contributed by atoms with Crippen molar-refractivity contribution in [1.29, 1.82) is 0 Å². The van der Waals surface area contributed by atoms with Crippen molar-refractivity contribution >= 4 is 27.8 Å². The molecule has 29 heavy (non-hydrogen) atoms. The topological polar surface area (TPSA) is 71.0 Å². The minimum Gasteiger partial charge on any atom is -0.329 e. The Hall–Kier alpha value is -3.41. The van der Waals surface area contributed by atoms with Gasteiger partial charge in [-0.05, 0) is 37.5 Å². The number of hydrogen-bond acceptors (Lipinski definition) is 3. The summed E-state index contributed by atoms with van der Waals surface area (Å²) in [5.74, 6) is 0.789. The van der Waals surface area contributed by atoms with E-state index < -0.39 is 0 Å². The van der Waals surface area contributed by atoms with Crippen LogP contribution in [0.5, 0.6) is 0 Å². The fourth-order valence-corrected chi connectivity index (χ4v) is 4.44. The highest BCUT2D eigenvalue weighted by atomic mass is 16.2. The highest BCUT2D eigenvalue weighted by Gasteiger charge is 2.32. The summed E-state index contributed by atoms with van der Waals surface area (Å²) in [5, 5.41) is 0.770. The van der Waals surface area contributed by atoms with E-state index in [0.29, 0.717) is 17.6 Å². The average Bonchev–Trinajstić information content (AvgIpc) is 3.09. The van der Waals surface area contributed by atoms with Gasteiger partial charge in [-0.3, -0.25) is 9.59 Å². The Kier molecular flexibility index (Phi) is 4.19. The van der Waals surface area contributed by atoms with Gasteiger partial charge in [-0.15, -0.1) is 0 Å². The van der Waals surface area contributed by atoms with Crippen LogP contribution in [0.25, 0.3) is 21.9 Å². The number of para-hydroxylation sites is 3. The van der Waals surface area contributed by atoms with E-state index in [0.717, 1.165) is 41.5 Å². The molecule has 1 unspecified atom stereocenters. The lowest BCUT2D eigenvalue weighted by molar-refractivity contribution is 0.0599. The number of likely N-dealkylation sites (tertiary alicyclic amines) is 1. The number of benzene rings is 2. The Labute approximate surface area is 167 Å². The number of aryl methyl sites for hydroxylation is 1. The summed E-state index contributed by atoms with van der Waals surface area (Å²) in [5.41, 5.74) is 2.87. The molecule has 146 valence electrons. The van der Waals surface area contributed by atoms with E-state index in [2.05, 4.69) is 9.55 Å². The molecule has 6 nitrogen and oxygen atoms in total. The minimum atomic E-state index is -0.261. The molecule has 1 atom stereocenters. The third kappa shape index (κ3) is 2.92. The van der Waals surface area contributed by atoms with Gasteiger partial charge in [-0.2, -0.15) is 0 Å². The van der Waals surface area contributed by atoms with Gasteiger partial charge in [-0.1, -0.05) is 30.3 Å². The van der Waals surface area contributed by atoms with E-state index in [1.54, 1.807) is 0 Å². The number of nitrogens with zero attached hydrogens (tertiary/aromatic N) is 3. The zero-order valence-corrected chi connectivity index (χ0v) is 16.3. The summed E-state index contributed by atoms with van der Waals surface area (Å²) in [4.78, 5) is 35.3. The first-order chi connectivity index (χ1) is 14.1. The number of carbonyl (C=O) groups excluding carboxylic acids is 1. The zero-order chi connectivity index (χ0) is 20.0. The summed E-state index contributed by atoms with van der Waals surface area (Å²) in [6.45, 7) is 0.661. The molecule has 1 saturated heterocycles. The van der Waals surface area contributed by atoms with Crippen molar-refractivity contribution in [2.45, 2.75) is 25.3 Å². The van der Waals surface area contributed by atoms with E-state index >= 15 is 0 Å². The van der Waals surface area contributed by atoms with Gasteiger partial charge < -0.3 is 14.5 Å². The maximum absolute atomic E-state index is 13.6. The Morgan fingerprint density at radius 1 is 1.10 bits per heavy atom. The average molecular weight is 386 g/mol. The number of H-pyrrole nitrogens is 1. The summed E-state index contributed by atoms with van der Waals surface area (Å²) < 4.78 is 2.08. The molecule has 0 spiro atoms. The molecule has 2 aromatic heterocycles. The number of amides is 1. The quantitative estimate of drug-likeness (QED) is 0.570. The van der Waals surface area contributed by atoms with Crippen molar-refractivity contribution in [2.24, 2.45) is 7.05 Å². The molecule has 0 aliphatic carbocycles. The number of aromatic amines is 1. The van der Waals surface area contributed by atoms with Crippen molar-refractivity contribution in [3.05, 3.63) is 76.3 Å². The largest absolute Gasteiger partial charge is 0.329 e. The molecule has 3 heterocycles. The van der Waals surface area contributed by atoms with Gasteiger partial charge >= 0.3 is 0 Å². The molecular weight excluding hydrogens is 364 g/mol. The van der Waals surface area contributed by atoms with Gasteiger partial charge in [0.15, 0.2) is 0 Å². The fourth-order valence-electron chi connectivity index (χ4n) is 4.44. The van der Waals surface area contributed by atoms with E-state index in [-0.39, 0.29) is 17.5 Å². The summed E-state index contributed by atoms with van der Waals surface area (Å²) in [6, 6.07) is 16.8. The molecule has 1 aliphatic rings. The predicted octanol–water partition coefficient (Wildman–Crippen LogP) is 3.78. The van der Waals surface area contributed by atoms with Crippen LogP contribution in [0.4, 0.5) is 0 Å². The first-order valence-electron chi connectivity index (χ1n) is 9.98. The van der Waals surface area contributed by atoms with Crippen LogP contribution >= 0.6 is 0 Å². The predicted molar refractivity (Wildman–Crippen MR) is 113 cm³/mol. The second-order valence-electron chi connectivity index (χ2n) is 7.62. The smallest absolute Gasteiger partial charge is 0.255 e. The number of aromatic nitrogens is 3. The fraction of sp³-hybridized carbons (Fsp3) is 0.261. The van der Waals surface area contributed by atoms with Gasteiger partial charge in [0.05, 0.1) is 22.6 Å². The number of hydrogen-bond donors (Lipinski definition) is 1. The van der Waals surface area contributed by atoms with Crippen LogP contribution in [-0.2, 0) is 7.05 Å². The third-order valence-electron chi connectivity index (χ3n) is 5.86. The second-order valence-corrected chi connectivity index (χ2v) is 7.62. The molecule has 5 rings (SSSR count). The van der Waals surface area contributed by atoms with Gasteiger partial charge in [0, 0.05) is 30.6 Å². The monoisotopic (exact) mass is 386 g/mol. The first kappa shape index (κ1) is 17.7. The van der Waals surface area contributed by atoms with Crippen LogP contribution in [0, 0.1) is 0 Å². The number of rotatable bonds is 2. The SMILES string of the molecule is Cn1c(C2CCCCN2C(=O)c2cc(=O)[nH]c3ccccc23)nc2ccccc21. The standard InChI is InChI=1S/C23H22N4O2/c1-26-19-11-5-4-10-18(19)25-22(26)20-12-6-7-13-27(20)23(29)16-14-21(28)24-17-9-3-2-8-15(16)17/h2-5,8-11,14,20H,6-7,12-13H2,1H3,(H,24,28). The Morgan fingerprint density at radius 3 is 2.76 bits per heavy atom. The van der Waals surface area contributed by atoms with Crippen LogP contribution < -0.4 is 5.56 Å². The van der Waals surface area contributed by atoms with Crippen LogP contribution in [0.2, 0.25) is 0 Å². The molecule has 0 saturated carbocycles. The van der Waals surface area contributed by atoms with Gasteiger partial charge in [0.2, 0.25) is 5.56 Å². The van der Waals surface area contributed by atoms with Crippen LogP contribution in [0.1, 0.15) is 41.5 Å². The van der Waals surface area contributed by atoms with Crippen molar-refractivity contribution in [3.8, 4) is 0 Å². The normalized spacial score (nSPS) is 17.1. The van der Waals surface area contributed by atoms with E-state index in [4.69, 9.17) is 4.98 Å². The molecule has 6 heteroatoms. The maximum Gasteiger partial charge on any atom is 0.255 e. The number of pyridine rings is 1. The molecule has 1 N–H and O–H groups in total. The molecule has 0 bridgehead atoms. The highest BCUT2D eigenvalue weighted by Crippen LogP contribution is 2.33. The summed E-state index contributed by atoms with van der Waals surface area (Å²) in [7, 11) is 2.00. The molecule has 4 aromatic rings. The molecule has 1 fully saturated rings. The van der Waals surface area contributed by atoms with Crippen molar-refractivity contribution in [3.63, 3.8) is 0 Å². The Morgan fingerprint density at radius 2 is 1.90 bits per heavy atom. The molecular formula is C23H22N4O2. The van der Waals surface area contributed by atoms with Crippen LogP contribution in [0.3, 0.4) is 0 Å². The Balaban J connectivity index is 1.61. The second kappa shape index (κ2) is 6.88. The van der Waals surface area contributed by atoms with Crippen molar-refractivity contribution < 1.29 is 4.79 Å². The minimum absolute atomic E-state index is 0.105. The zero-order valence-electron chi connectivity index (χ0n) is 16.3. The van der Waals surface area contributed by atoms with Crippen molar-refractivity contribution in [2.75, 3.05) is 6.54 Å². The number of nitrogens with one attached hydrogen (secondary N) is 1. The van der Waals surface area contributed by atoms with Gasteiger partial charge in [-0.25, -0.2) is 4.98 Å². The molecule has 1 aliphatic heterocycles. The lowest BCUT2D eigenvalue weighted by Gasteiger charge is -2.35. The van der Waals surface area contributed by atoms with Gasteiger partial charge in [0.25, 0.3) is 5.91 Å². The highest BCUT2D eigenvalue weighted by molar-refractivity contribution is 6.06. The lowest BCUT2D eigenvalue weighted by atomic mass is 9.99. The van der Waals surface area contributed by atoms with Crippen molar-refractivity contribution in [1.82, 2.24) is 19.4 Å². The van der Waals surface area contributed by atoms with Crippen LogP contribution in [0.15, 0.2) is 59.4 Å². The van der Waals surface area contributed by atoms with Gasteiger partial charge in [0.1, 0.15) is 5.82 Å².